The summed E-state index contributed by atoms with van der Waals surface area (Å²) in [6.07, 6.45) is 1.54. The van der Waals surface area contributed by atoms with Crippen molar-refractivity contribution >= 4 is 56.0 Å². The van der Waals surface area contributed by atoms with Gasteiger partial charge in [0.15, 0.2) is 0 Å². The van der Waals surface area contributed by atoms with Gasteiger partial charge in [-0.05, 0) is 47.9 Å². The van der Waals surface area contributed by atoms with Crippen LogP contribution in [0.1, 0.15) is 28.2 Å². The van der Waals surface area contributed by atoms with Gasteiger partial charge in [0.05, 0.1) is 21.7 Å². The summed E-state index contributed by atoms with van der Waals surface area (Å²) >= 11 is 3.39. The first-order chi connectivity index (χ1) is 16.2. The molecule has 1 aliphatic heterocycles. The minimum Gasteiger partial charge on any atom is -0.485 e. The molecule has 2 heterocycles. The number of hydrogen-bond acceptors (Lipinski definition) is 7. The highest BCUT2D eigenvalue weighted by Crippen LogP contribution is 2.32. The number of rotatable bonds is 5. The molecular formula is C25H22N2O4S2. The van der Waals surface area contributed by atoms with E-state index in [1.165, 1.54) is 0 Å². The molecule has 0 unspecified atom stereocenters. The first-order valence-electron chi connectivity index (χ1n) is 10.8. The van der Waals surface area contributed by atoms with Crippen LogP contribution in [-0.2, 0) is 16.2 Å². The van der Waals surface area contributed by atoms with Crippen molar-refractivity contribution < 1.29 is 19.2 Å². The Balaban J connectivity index is 1.36. The number of hydrogen-bond donors (Lipinski definition) is 1. The predicted molar refractivity (Wildman–Crippen MR) is 132 cm³/mol. The zero-order valence-corrected chi connectivity index (χ0v) is 19.4. The van der Waals surface area contributed by atoms with Crippen LogP contribution >= 0.6 is 23.1 Å². The number of carbonyl (C=O) groups is 2. The summed E-state index contributed by atoms with van der Waals surface area (Å²) in [4.78, 5) is 35.1. The number of benzene rings is 3. The second-order valence-electron chi connectivity index (χ2n) is 7.77. The fourth-order valence-corrected chi connectivity index (χ4v) is 5.85. The van der Waals surface area contributed by atoms with Crippen LogP contribution < -0.4 is 10.2 Å². The number of thioether (sulfide) groups is 1. The Labute approximate surface area is 199 Å². The molecule has 168 valence electrons. The molecule has 0 aliphatic carbocycles. The molecule has 1 saturated heterocycles. The van der Waals surface area contributed by atoms with Gasteiger partial charge in [0.1, 0.15) is 17.4 Å². The van der Waals surface area contributed by atoms with Crippen LogP contribution in [0.4, 0.5) is 0 Å². The van der Waals surface area contributed by atoms with Crippen LogP contribution in [-0.4, -0.2) is 28.4 Å². The average molecular weight is 479 g/mol. The Hall–Kier alpha value is -3.10. The lowest BCUT2D eigenvalue weighted by molar-refractivity contribution is -0.154. The van der Waals surface area contributed by atoms with Gasteiger partial charge in [0.25, 0.3) is 5.91 Å². The van der Waals surface area contributed by atoms with Crippen LogP contribution in [0.2, 0.25) is 0 Å². The Morgan fingerprint density at radius 2 is 1.79 bits per heavy atom. The molecule has 1 N–H and O–H groups in total. The molecule has 0 saturated carbocycles. The van der Waals surface area contributed by atoms with Crippen molar-refractivity contribution in [2.45, 2.75) is 19.4 Å². The highest BCUT2D eigenvalue weighted by atomic mass is 32.2. The second-order valence-corrected chi connectivity index (χ2v) is 10.1. The average Bonchev–Trinajstić information content (AvgIpc) is 3.29. The second kappa shape index (κ2) is 9.80. The Bertz CT molecular complexity index is 1280. The van der Waals surface area contributed by atoms with Gasteiger partial charge < -0.3 is 9.57 Å². The Morgan fingerprint density at radius 1 is 1.00 bits per heavy atom. The van der Waals surface area contributed by atoms with E-state index in [2.05, 4.69) is 10.5 Å². The topological polar surface area (TPSA) is 77.5 Å². The lowest BCUT2D eigenvalue weighted by Gasteiger charge is -2.19. The molecule has 33 heavy (non-hydrogen) atoms. The molecule has 3 aromatic carbocycles. The number of hydroxylamine groups is 1. The molecule has 0 bridgehead atoms. The molecule has 1 fully saturated rings. The number of carbonyl (C=O) groups excluding carboxylic acids is 2. The summed E-state index contributed by atoms with van der Waals surface area (Å²) in [5.74, 6) is 1.23. The number of para-hydroxylation sites is 1. The van der Waals surface area contributed by atoms with Crippen molar-refractivity contribution in [1.29, 1.82) is 0 Å². The summed E-state index contributed by atoms with van der Waals surface area (Å²) in [7, 11) is 0. The SMILES string of the molecule is O=C(NOC(=O)C1CCSCC1)c1ccc2ccccc2c1OCc1nc2ccccc2s1. The van der Waals surface area contributed by atoms with E-state index in [1.54, 1.807) is 17.4 Å². The zero-order valence-electron chi connectivity index (χ0n) is 17.8. The van der Waals surface area contributed by atoms with Gasteiger partial charge in [-0.15, -0.1) is 11.3 Å². The third-order valence-electron chi connectivity index (χ3n) is 5.60. The van der Waals surface area contributed by atoms with Crippen LogP contribution in [0.3, 0.4) is 0 Å². The third kappa shape index (κ3) is 4.82. The molecule has 5 rings (SSSR count). The normalized spacial score (nSPS) is 14.3. The Kier molecular flexibility index (Phi) is 6.46. The molecule has 1 aliphatic rings. The molecule has 8 heteroatoms. The monoisotopic (exact) mass is 478 g/mol. The summed E-state index contributed by atoms with van der Waals surface area (Å²) < 4.78 is 7.24. The first-order valence-corrected chi connectivity index (χ1v) is 12.7. The van der Waals surface area contributed by atoms with Crippen molar-refractivity contribution in [3.8, 4) is 5.75 Å². The molecule has 0 atom stereocenters. The first kappa shape index (κ1) is 21.7. The van der Waals surface area contributed by atoms with Crippen LogP contribution in [0, 0.1) is 5.92 Å². The smallest absolute Gasteiger partial charge is 0.335 e. The molecule has 1 amide bonds. The van der Waals surface area contributed by atoms with Crippen molar-refractivity contribution in [2.24, 2.45) is 5.92 Å². The van der Waals surface area contributed by atoms with Gasteiger partial charge >= 0.3 is 5.97 Å². The molecule has 6 nitrogen and oxygen atoms in total. The predicted octanol–water partition coefficient (Wildman–Crippen LogP) is 5.36. The summed E-state index contributed by atoms with van der Waals surface area (Å²) in [5.41, 5.74) is 3.56. The van der Waals surface area contributed by atoms with E-state index in [0.717, 1.165) is 50.3 Å². The van der Waals surface area contributed by atoms with E-state index in [-0.39, 0.29) is 18.5 Å². The lowest BCUT2D eigenvalue weighted by Crippen LogP contribution is -2.32. The largest absolute Gasteiger partial charge is 0.485 e. The van der Waals surface area contributed by atoms with Crippen LogP contribution in [0.25, 0.3) is 21.0 Å². The van der Waals surface area contributed by atoms with Gasteiger partial charge in [0.2, 0.25) is 0 Å². The number of thiazole rings is 1. The molecule has 0 spiro atoms. The van der Waals surface area contributed by atoms with E-state index >= 15 is 0 Å². The van der Waals surface area contributed by atoms with Crippen LogP contribution in [0.15, 0.2) is 60.7 Å². The molecule has 1 aromatic heterocycles. The van der Waals surface area contributed by atoms with E-state index in [0.29, 0.717) is 11.3 Å². The van der Waals surface area contributed by atoms with E-state index in [4.69, 9.17) is 9.57 Å². The number of nitrogens with zero attached hydrogens (tertiary/aromatic N) is 1. The number of ether oxygens (including phenoxy) is 1. The standard InChI is InChI=1S/C25H22N2O4S2/c28-24(27-31-25(29)17-11-13-32-14-12-17)19-10-9-16-5-1-2-6-18(16)23(19)30-15-22-26-20-7-3-4-8-21(20)33-22/h1-10,17H,11-15H2,(H,27,28). The summed E-state index contributed by atoms with van der Waals surface area (Å²) in [5, 5.41) is 2.57. The highest BCUT2D eigenvalue weighted by Gasteiger charge is 2.25. The number of aromatic nitrogens is 1. The lowest BCUT2D eigenvalue weighted by atomic mass is 10.0. The quantitative estimate of drug-likeness (QED) is 0.389. The summed E-state index contributed by atoms with van der Waals surface area (Å²) in [6, 6.07) is 19.2. The number of fused-ring (bicyclic) bond motifs is 2. The minimum atomic E-state index is -0.515. The fourth-order valence-electron chi connectivity index (χ4n) is 3.86. The van der Waals surface area contributed by atoms with Gasteiger partial charge in [-0.2, -0.15) is 17.2 Å². The third-order valence-corrected chi connectivity index (χ3v) is 7.66. The van der Waals surface area contributed by atoms with E-state index < -0.39 is 5.91 Å². The zero-order chi connectivity index (χ0) is 22.6. The van der Waals surface area contributed by atoms with Gasteiger partial charge in [0, 0.05) is 5.39 Å². The van der Waals surface area contributed by atoms with Gasteiger partial charge in [-0.3, -0.25) is 4.79 Å². The molecular weight excluding hydrogens is 456 g/mol. The molecule has 0 radical (unpaired) electrons. The van der Waals surface area contributed by atoms with Crippen molar-refractivity contribution in [3.05, 3.63) is 71.2 Å². The highest BCUT2D eigenvalue weighted by molar-refractivity contribution is 7.99. The maximum Gasteiger partial charge on any atom is 0.335 e. The van der Waals surface area contributed by atoms with E-state index in [1.807, 2.05) is 66.4 Å². The van der Waals surface area contributed by atoms with Crippen molar-refractivity contribution in [1.82, 2.24) is 10.5 Å². The number of nitrogens with one attached hydrogen (secondary N) is 1. The Morgan fingerprint density at radius 3 is 2.64 bits per heavy atom. The van der Waals surface area contributed by atoms with E-state index in [9.17, 15) is 9.59 Å². The maximum atomic E-state index is 13.0. The van der Waals surface area contributed by atoms with Gasteiger partial charge in [-0.25, -0.2) is 9.78 Å². The van der Waals surface area contributed by atoms with Crippen LogP contribution in [0.5, 0.6) is 5.75 Å². The van der Waals surface area contributed by atoms with Gasteiger partial charge in [-0.1, -0.05) is 42.5 Å². The molecule has 4 aromatic rings. The fraction of sp³-hybridized carbons (Fsp3) is 0.240. The maximum absolute atomic E-state index is 13.0. The van der Waals surface area contributed by atoms with Crippen molar-refractivity contribution in [3.63, 3.8) is 0 Å². The summed E-state index contributed by atoms with van der Waals surface area (Å²) in [6.45, 7) is 0.229. The number of amides is 1. The van der Waals surface area contributed by atoms with Crippen molar-refractivity contribution in [2.75, 3.05) is 11.5 Å². The minimum absolute atomic E-state index is 0.169.